The Morgan fingerprint density at radius 2 is 1.94 bits per heavy atom. The number of aromatic nitrogens is 2. The smallest absolute Gasteiger partial charge is 0.236 e. The fraction of sp³-hybridized carbons (Fsp3) is 0.478. The van der Waals surface area contributed by atoms with Crippen LogP contribution in [0, 0.1) is 0 Å². The van der Waals surface area contributed by atoms with E-state index in [0.29, 0.717) is 16.2 Å². The van der Waals surface area contributed by atoms with Crippen LogP contribution in [0.3, 0.4) is 0 Å². The molecule has 0 spiro atoms. The van der Waals surface area contributed by atoms with Gasteiger partial charge >= 0.3 is 0 Å². The Labute approximate surface area is 198 Å². The average Bonchev–Trinajstić information content (AvgIpc) is 3.51. The second kappa shape index (κ2) is 10.0. The maximum atomic E-state index is 12.9. The molecule has 32 heavy (non-hydrogen) atoms. The van der Waals surface area contributed by atoms with E-state index in [2.05, 4.69) is 49.8 Å². The molecule has 1 aromatic heterocycles. The lowest BCUT2D eigenvalue weighted by Crippen LogP contribution is -2.41. The third-order valence-corrected chi connectivity index (χ3v) is 7.13. The van der Waals surface area contributed by atoms with Gasteiger partial charge in [-0.25, -0.2) is 0 Å². The van der Waals surface area contributed by atoms with E-state index in [1.54, 1.807) is 0 Å². The number of amidine groups is 1. The largest absolute Gasteiger partial charge is 0.357 e. The monoisotopic (exact) mass is 472 g/mol. The Morgan fingerprint density at radius 3 is 2.56 bits per heavy atom. The number of benzene rings is 1. The number of hydrogen-bond acceptors (Lipinski definition) is 6. The lowest BCUT2D eigenvalue weighted by Gasteiger charge is -2.33. The Balaban J connectivity index is 1.30. The number of nitrogens with one attached hydrogen (secondary N) is 2. The van der Waals surface area contributed by atoms with Crippen LogP contribution in [0.1, 0.15) is 44.6 Å². The molecule has 1 saturated carbocycles. The fourth-order valence-corrected chi connectivity index (χ4v) is 4.90. The summed E-state index contributed by atoms with van der Waals surface area (Å²) in [7, 11) is 1.84. The van der Waals surface area contributed by atoms with Crippen LogP contribution in [0.4, 0.5) is 10.3 Å². The van der Waals surface area contributed by atoms with Crippen molar-refractivity contribution in [1.29, 1.82) is 0 Å². The van der Waals surface area contributed by atoms with Gasteiger partial charge in [0.25, 0.3) is 0 Å². The summed E-state index contributed by atoms with van der Waals surface area (Å²) in [4.78, 5) is 19.7. The van der Waals surface area contributed by atoms with Crippen LogP contribution in [0.25, 0.3) is 0 Å². The van der Waals surface area contributed by atoms with E-state index < -0.39 is 5.41 Å². The van der Waals surface area contributed by atoms with Crippen LogP contribution in [0.5, 0.6) is 0 Å². The predicted octanol–water partition coefficient (Wildman–Crippen LogP) is 4.73. The third kappa shape index (κ3) is 5.13. The van der Waals surface area contributed by atoms with E-state index in [1.165, 1.54) is 11.3 Å². The van der Waals surface area contributed by atoms with E-state index in [9.17, 15) is 4.79 Å². The van der Waals surface area contributed by atoms with Crippen LogP contribution < -0.4 is 10.6 Å². The Kier molecular flexibility index (Phi) is 7.10. The highest BCUT2D eigenvalue weighted by Crippen LogP contribution is 2.49. The number of nitrogens with zero attached hydrogens (tertiary/aromatic N) is 4. The normalized spacial score (nSPS) is 18.7. The number of carbonyl (C=O) groups excluding carboxylic acids is 1. The van der Waals surface area contributed by atoms with E-state index in [4.69, 9.17) is 11.6 Å². The van der Waals surface area contributed by atoms with Crippen LogP contribution >= 0.6 is 22.9 Å². The molecule has 1 saturated heterocycles. The zero-order valence-corrected chi connectivity index (χ0v) is 20.0. The summed E-state index contributed by atoms with van der Waals surface area (Å²) in [5.41, 5.74) is 0.527. The Morgan fingerprint density at radius 1 is 1.25 bits per heavy atom. The third-order valence-electron chi connectivity index (χ3n) is 6.11. The van der Waals surface area contributed by atoms with E-state index >= 15 is 0 Å². The van der Waals surface area contributed by atoms with Crippen molar-refractivity contribution in [3.8, 4) is 0 Å². The molecule has 0 bridgehead atoms. The van der Waals surface area contributed by atoms with Crippen molar-refractivity contribution in [2.24, 2.45) is 4.99 Å². The summed E-state index contributed by atoms with van der Waals surface area (Å²) in [5, 5.41) is 16.8. The van der Waals surface area contributed by atoms with Gasteiger partial charge in [-0.2, -0.15) is 0 Å². The van der Waals surface area contributed by atoms with Gasteiger partial charge in [0.05, 0.1) is 5.41 Å². The summed E-state index contributed by atoms with van der Waals surface area (Å²) in [6.07, 6.45) is 8.92. The highest BCUT2D eigenvalue weighted by molar-refractivity contribution is 7.19. The summed E-state index contributed by atoms with van der Waals surface area (Å²) in [5.74, 6) is 1.02. The first-order valence-electron chi connectivity index (χ1n) is 11.1. The molecule has 1 amide bonds. The number of halogens is 1. The topological polar surface area (TPSA) is 82.5 Å². The number of aliphatic imine (C=N–C) groups is 1. The summed E-state index contributed by atoms with van der Waals surface area (Å²) in [6.45, 7) is 4.02. The maximum Gasteiger partial charge on any atom is 0.236 e. The number of rotatable bonds is 7. The fourth-order valence-electron chi connectivity index (χ4n) is 4.06. The number of anilines is 2. The van der Waals surface area contributed by atoms with Gasteiger partial charge < -0.3 is 10.2 Å². The molecule has 2 aliphatic rings. The van der Waals surface area contributed by atoms with Crippen LogP contribution in [-0.4, -0.2) is 53.0 Å². The van der Waals surface area contributed by atoms with E-state index in [1.807, 2.05) is 31.3 Å². The molecule has 1 aromatic carbocycles. The number of piperidine rings is 1. The molecule has 2 heterocycles. The Bertz CT molecular complexity index is 990. The molecule has 7 nitrogen and oxygen atoms in total. The molecule has 2 fully saturated rings. The van der Waals surface area contributed by atoms with Gasteiger partial charge in [-0.3, -0.25) is 15.1 Å². The minimum atomic E-state index is -0.471. The zero-order chi connectivity index (χ0) is 22.6. The Hall–Kier alpha value is -2.45. The van der Waals surface area contributed by atoms with Gasteiger partial charge in [-0.05, 0) is 55.9 Å². The van der Waals surface area contributed by atoms with E-state index in [-0.39, 0.29) is 5.91 Å². The van der Waals surface area contributed by atoms with Crippen molar-refractivity contribution in [3.63, 3.8) is 0 Å². The first-order chi connectivity index (χ1) is 15.5. The standard InChI is InChI=1S/C23H29ClN6OS/c1-3-4-5-19(25-2)30-14-10-18(11-15-30)26-21-28-29-22(32-21)27-20(31)23(12-13-23)16-6-8-17(24)9-7-16/h4-9,18H,3,10-15H2,1-2H3,(H,26,28)(H,27,29,31)/b5-4-,25-19?. The van der Waals surface area contributed by atoms with Crippen LogP contribution in [0.2, 0.25) is 5.02 Å². The quantitative estimate of drug-likeness (QED) is 0.449. The number of hydrogen-bond donors (Lipinski definition) is 2. The van der Waals surface area contributed by atoms with Gasteiger partial charge in [-0.1, -0.05) is 48.1 Å². The second-order valence-corrected chi connectivity index (χ2v) is 9.67. The first-order valence-corrected chi connectivity index (χ1v) is 12.3. The summed E-state index contributed by atoms with van der Waals surface area (Å²) in [6, 6.07) is 7.86. The van der Waals surface area contributed by atoms with Crippen molar-refractivity contribution < 1.29 is 4.79 Å². The molecular formula is C23H29ClN6OS. The molecule has 0 atom stereocenters. The van der Waals surface area contributed by atoms with Gasteiger partial charge in [0.2, 0.25) is 16.2 Å². The minimum Gasteiger partial charge on any atom is -0.357 e. The lowest BCUT2D eigenvalue weighted by molar-refractivity contribution is -0.118. The highest BCUT2D eigenvalue weighted by atomic mass is 35.5. The second-order valence-electron chi connectivity index (χ2n) is 8.25. The lowest BCUT2D eigenvalue weighted by atomic mass is 9.95. The number of carbonyl (C=O) groups is 1. The molecule has 2 aromatic rings. The zero-order valence-electron chi connectivity index (χ0n) is 18.5. The van der Waals surface area contributed by atoms with Crippen LogP contribution in [-0.2, 0) is 10.2 Å². The number of allylic oxidation sites excluding steroid dienone is 1. The molecule has 0 radical (unpaired) electrons. The minimum absolute atomic E-state index is 0.0256. The number of amides is 1. The van der Waals surface area contributed by atoms with Gasteiger partial charge in [0, 0.05) is 31.2 Å². The average molecular weight is 473 g/mol. The molecular weight excluding hydrogens is 444 g/mol. The highest BCUT2D eigenvalue weighted by Gasteiger charge is 2.51. The summed E-state index contributed by atoms with van der Waals surface area (Å²) < 4.78 is 0. The molecule has 9 heteroatoms. The number of likely N-dealkylation sites (tertiary alicyclic amines) is 1. The summed E-state index contributed by atoms with van der Waals surface area (Å²) >= 11 is 7.37. The van der Waals surface area contributed by atoms with Gasteiger partial charge in [0.15, 0.2) is 0 Å². The van der Waals surface area contributed by atoms with Crippen LogP contribution in [0.15, 0.2) is 41.4 Å². The molecule has 0 unspecified atom stereocenters. The molecule has 1 aliphatic carbocycles. The molecule has 4 rings (SSSR count). The maximum absolute atomic E-state index is 12.9. The molecule has 2 N–H and O–H groups in total. The first kappa shape index (κ1) is 22.7. The van der Waals surface area contributed by atoms with Crippen molar-refractivity contribution in [2.45, 2.75) is 50.5 Å². The molecule has 1 aliphatic heterocycles. The predicted molar refractivity (Wildman–Crippen MR) is 132 cm³/mol. The van der Waals surface area contributed by atoms with Crippen molar-refractivity contribution in [2.75, 3.05) is 30.8 Å². The van der Waals surface area contributed by atoms with Gasteiger partial charge in [-0.15, -0.1) is 10.2 Å². The van der Waals surface area contributed by atoms with Gasteiger partial charge in [0.1, 0.15) is 5.84 Å². The molecule has 170 valence electrons. The SMILES string of the molecule is CC/C=C\C(=NC)N1CCC(Nc2nnc(NC(=O)C3(c4ccc(Cl)cc4)CC3)s2)CC1. The van der Waals surface area contributed by atoms with Crippen molar-refractivity contribution in [3.05, 3.63) is 47.0 Å². The van der Waals surface area contributed by atoms with Crippen molar-refractivity contribution >= 4 is 44.9 Å². The van der Waals surface area contributed by atoms with E-state index in [0.717, 1.165) is 61.7 Å². The van der Waals surface area contributed by atoms with Crippen molar-refractivity contribution in [1.82, 2.24) is 15.1 Å².